The van der Waals surface area contributed by atoms with Crippen LogP contribution in [-0.2, 0) is 14.3 Å². The van der Waals surface area contributed by atoms with Crippen LogP contribution in [0.3, 0.4) is 0 Å². The Hall–Kier alpha value is -0.900. The molecule has 0 spiro atoms. The van der Waals surface area contributed by atoms with Crippen LogP contribution in [0.25, 0.3) is 0 Å². The second-order valence-electron chi connectivity index (χ2n) is 4.38. The van der Waals surface area contributed by atoms with Crippen molar-refractivity contribution in [2.75, 3.05) is 13.2 Å². The van der Waals surface area contributed by atoms with Gasteiger partial charge in [-0.25, -0.2) is 0 Å². The van der Waals surface area contributed by atoms with Gasteiger partial charge in [0.25, 0.3) is 0 Å². The van der Waals surface area contributed by atoms with E-state index in [4.69, 9.17) is 4.74 Å². The van der Waals surface area contributed by atoms with E-state index in [2.05, 4.69) is 5.32 Å². The van der Waals surface area contributed by atoms with Crippen LogP contribution in [0.4, 0.5) is 0 Å². The molecule has 1 unspecified atom stereocenters. The molecule has 1 aliphatic heterocycles. The molecule has 1 atom stereocenters. The number of hydrogen-bond donors (Lipinski definition) is 1. The highest BCUT2D eigenvalue weighted by atomic mass is 16.5. The monoisotopic (exact) mass is 213 g/mol. The number of ketones is 1. The predicted octanol–water partition coefficient (Wildman–Crippen LogP) is 1.04. The normalized spacial score (nSPS) is 25.2. The highest BCUT2D eigenvalue weighted by molar-refractivity contribution is 5.83. The molecule has 15 heavy (non-hydrogen) atoms. The molecule has 0 saturated carbocycles. The second-order valence-corrected chi connectivity index (χ2v) is 4.38. The minimum Gasteiger partial charge on any atom is -0.373 e. The number of nitrogens with one attached hydrogen (secondary N) is 1. The minimum atomic E-state index is -0.202. The van der Waals surface area contributed by atoms with Crippen LogP contribution in [0.1, 0.15) is 39.5 Å². The molecule has 0 aromatic carbocycles. The Morgan fingerprint density at radius 3 is 2.67 bits per heavy atom. The summed E-state index contributed by atoms with van der Waals surface area (Å²) in [7, 11) is 0. The average Bonchev–Trinajstić information content (AvgIpc) is 2.60. The Morgan fingerprint density at radius 1 is 1.40 bits per heavy atom. The number of hydrogen-bond acceptors (Lipinski definition) is 3. The van der Waals surface area contributed by atoms with Crippen molar-refractivity contribution in [2.24, 2.45) is 0 Å². The molecule has 1 heterocycles. The van der Waals surface area contributed by atoms with E-state index in [0.717, 1.165) is 19.4 Å². The summed E-state index contributed by atoms with van der Waals surface area (Å²) in [5.74, 6) is -0.0181. The smallest absolute Gasteiger partial charge is 0.220 e. The van der Waals surface area contributed by atoms with Gasteiger partial charge in [0.05, 0.1) is 5.60 Å². The fourth-order valence-electron chi connectivity index (χ4n) is 1.64. The molecule has 1 aliphatic rings. The number of ether oxygens (including phenoxy) is 1. The van der Waals surface area contributed by atoms with Crippen LogP contribution >= 0.6 is 0 Å². The van der Waals surface area contributed by atoms with Crippen LogP contribution in [0, 0.1) is 0 Å². The largest absolute Gasteiger partial charge is 0.373 e. The van der Waals surface area contributed by atoms with E-state index in [0.29, 0.717) is 13.0 Å². The van der Waals surface area contributed by atoms with Crippen LogP contribution in [0.5, 0.6) is 0 Å². The molecule has 4 nitrogen and oxygen atoms in total. The van der Waals surface area contributed by atoms with Gasteiger partial charge in [-0.15, -0.1) is 0 Å². The van der Waals surface area contributed by atoms with E-state index >= 15 is 0 Å². The number of Topliss-reactive ketones (excluding diaryl/α,β-unsaturated/α-hetero) is 1. The van der Waals surface area contributed by atoms with Crippen molar-refractivity contribution in [2.45, 2.75) is 45.1 Å². The number of amides is 1. The molecule has 1 N–H and O–H groups in total. The zero-order valence-electron chi connectivity index (χ0n) is 9.47. The van der Waals surface area contributed by atoms with Gasteiger partial charge >= 0.3 is 0 Å². The van der Waals surface area contributed by atoms with E-state index in [1.54, 1.807) is 0 Å². The quantitative estimate of drug-likeness (QED) is 0.742. The van der Waals surface area contributed by atoms with E-state index < -0.39 is 0 Å². The van der Waals surface area contributed by atoms with Gasteiger partial charge in [-0.1, -0.05) is 0 Å². The lowest BCUT2D eigenvalue weighted by Crippen LogP contribution is -2.40. The molecule has 0 aliphatic carbocycles. The van der Waals surface area contributed by atoms with Crippen molar-refractivity contribution in [1.29, 1.82) is 0 Å². The van der Waals surface area contributed by atoms with Gasteiger partial charge in [-0.2, -0.15) is 0 Å². The van der Waals surface area contributed by atoms with Crippen LogP contribution in [0.15, 0.2) is 0 Å². The van der Waals surface area contributed by atoms with Crippen molar-refractivity contribution < 1.29 is 14.3 Å². The summed E-state index contributed by atoms with van der Waals surface area (Å²) in [5.41, 5.74) is -0.202. The lowest BCUT2D eigenvalue weighted by molar-refractivity contribution is -0.125. The lowest BCUT2D eigenvalue weighted by atomic mass is 10.0. The summed E-state index contributed by atoms with van der Waals surface area (Å²) in [6.45, 7) is 4.82. The Bertz CT molecular complexity index is 244. The summed E-state index contributed by atoms with van der Waals surface area (Å²) in [6, 6.07) is 0. The number of carbonyl (C=O) groups is 2. The molecular weight excluding hydrogens is 194 g/mol. The third-order valence-electron chi connectivity index (χ3n) is 2.66. The van der Waals surface area contributed by atoms with Gasteiger partial charge in [0.2, 0.25) is 5.91 Å². The summed E-state index contributed by atoms with van der Waals surface area (Å²) < 4.78 is 5.53. The second kappa shape index (κ2) is 5.26. The summed E-state index contributed by atoms with van der Waals surface area (Å²) in [4.78, 5) is 22.0. The maximum Gasteiger partial charge on any atom is 0.220 e. The molecule has 0 aromatic rings. The Morgan fingerprint density at radius 2 is 2.13 bits per heavy atom. The van der Waals surface area contributed by atoms with Crippen molar-refractivity contribution in [3.63, 3.8) is 0 Å². The fourth-order valence-corrected chi connectivity index (χ4v) is 1.64. The zero-order valence-corrected chi connectivity index (χ0v) is 9.47. The standard InChI is InChI=1S/C11H19NO3/c1-9(13)4-5-10(14)12-8-11(2)6-3-7-15-11/h3-8H2,1-2H3,(H,12,14). The first kappa shape index (κ1) is 12.2. The first-order valence-electron chi connectivity index (χ1n) is 5.42. The molecule has 1 rings (SSSR count). The molecule has 86 valence electrons. The molecule has 0 bridgehead atoms. The van der Waals surface area contributed by atoms with Gasteiger partial charge in [-0.3, -0.25) is 4.79 Å². The van der Waals surface area contributed by atoms with Crippen molar-refractivity contribution >= 4 is 11.7 Å². The van der Waals surface area contributed by atoms with Crippen molar-refractivity contribution in [3.8, 4) is 0 Å². The van der Waals surface area contributed by atoms with Crippen molar-refractivity contribution in [1.82, 2.24) is 5.32 Å². The average molecular weight is 213 g/mol. The van der Waals surface area contributed by atoms with E-state index in [1.807, 2.05) is 6.92 Å². The third-order valence-corrected chi connectivity index (χ3v) is 2.66. The maximum atomic E-state index is 11.3. The van der Waals surface area contributed by atoms with Gasteiger partial charge in [0, 0.05) is 26.0 Å². The molecule has 1 amide bonds. The molecule has 1 fully saturated rings. The third kappa shape index (κ3) is 4.42. The lowest BCUT2D eigenvalue weighted by Gasteiger charge is -2.23. The van der Waals surface area contributed by atoms with Crippen molar-refractivity contribution in [3.05, 3.63) is 0 Å². The van der Waals surface area contributed by atoms with E-state index in [-0.39, 0.29) is 23.7 Å². The Balaban J connectivity index is 2.18. The molecule has 0 aromatic heterocycles. The van der Waals surface area contributed by atoms with Gasteiger partial charge < -0.3 is 14.8 Å². The van der Waals surface area contributed by atoms with Gasteiger partial charge in [0.15, 0.2) is 0 Å². The number of carbonyl (C=O) groups excluding carboxylic acids is 2. The highest BCUT2D eigenvalue weighted by Crippen LogP contribution is 2.23. The molecule has 1 saturated heterocycles. The minimum absolute atomic E-state index is 0.0495. The Labute approximate surface area is 90.4 Å². The van der Waals surface area contributed by atoms with E-state index in [9.17, 15) is 9.59 Å². The SMILES string of the molecule is CC(=O)CCC(=O)NCC1(C)CCCO1. The fraction of sp³-hybridized carbons (Fsp3) is 0.818. The summed E-state index contributed by atoms with van der Waals surface area (Å²) in [6.07, 6.45) is 2.65. The van der Waals surface area contributed by atoms with Crippen LogP contribution in [-0.4, -0.2) is 30.4 Å². The zero-order chi connectivity index (χ0) is 11.3. The highest BCUT2D eigenvalue weighted by Gasteiger charge is 2.29. The summed E-state index contributed by atoms with van der Waals surface area (Å²) in [5, 5.41) is 2.80. The molecule has 4 heteroatoms. The molecule has 0 radical (unpaired) electrons. The predicted molar refractivity (Wildman–Crippen MR) is 56.5 cm³/mol. The molecular formula is C11H19NO3. The van der Waals surface area contributed by atoms with Crippen LogP contribution in [0.2, 0.25) is 0 Å². The maximum absolute atomic E-state index is 11.3. The van der Waals surface area contributed by atoms with Crippen LogP contribution < -0.4 is 5.32 Å². The Kier molecular flexibility index (Phi) is 4.27. The topological polar surface area (TPSA) is 55.4 Å². The van der Waals surface area contributed by atoms with Gasteiger partial charge in [0.1, 0.15) is 5.78 Å². The number of rotatable bonds is 5. The first-order valence-corrected chi connectivity index (χ1v) is 5.42. The van der Waals surface area contributed by atoms with Gasteiger partial charge in [-0.05, 0) is 26.7 Å². The summed E-state index contributed by atoms with van der Waals surface area (Å²) >= 11 is 0. The van der Waals surface area contributed by atoms with E-state index in [1.165, 1.54) is 6.92 Å². The first-order chi connectivity index (χ1) is 7.02.